The van der Waals surface area contributed by atoms with Crippen LogP contribution in [0.4, 0.5) is 0 Å². The van der Waals surface area contributed by atoms with Crippen molar-refractivity contribution in [3.63, 3.8) is 0 Å². The van der Waals surface area contributed by atoms with E-state index in [0.29, 0.717) is 11.6 Å². The van der Waals surface area contributed by atoms with Crippen molar-refractivity contribution in [3.8, 4) is 0 Å². The van der Waals surface area contributed by atoms with Crippen LogP contribution in [0.25, 0.3) is 11.2 Å². The number of carbonyl (C=O) groups excluding carboxylic acids is 1. The topological polar surface area (TPSA) is 106 Å². The first kappa shape index (κ1) is 17.1. The molecule has 0 radical (unpaired) electrons. The van der Waals surface area contributed by atoms with E-state index in [-0.39, 0.29) is 23.0 Å². The Kier molecular flexibility index (Phi) is 4.80. The van der Waals surface area contributed by atoms with Gasteiger partial charge in [0.25, 0.3) is 11.5 Å². The summed E-state index contributed by atoms with van der Waals surface area (Å²) in [6, 6.07) is 7.26. The zero-order valence-electron chi connectivity index (χ0n) is 13.8. The number of aromatic nitrogens is 5. The fraction of sp³-hybridized carbons (Fsp3) is 0.312. The van der Waals surface area contributed by atoms with Crippen LogP contribution in [0.1, 0.15) is 36.5 Å². The van der Waals surface area contributed by atoms with Crippen molar-refractivity contribution in [3.05, 3.63) is 51.0 Å². The number of benzene rings is 1. The second-order valence-corrected chi connectivity index (χ2v) is 6.12. The molecule has 0 saturated carbocycles. The summed E-state index contributed by atoms with van der Waals surface area (Å²) in [6.07, 6.45) is 0.768. The second-order valence-electron chi connectivity index (χ2n) is 5.71. The van der Waals surface area contributed by atoms with Crippen LogP contribution in [-0.4, -0.2) is 36.9 Å². The molecule has 1 aromatic carbocycles. The molecule has 2 aromatic heterocycles. The quantitative estimate of drug-likeness (QED) is 0.721. The van der Waals surface area contributed by atoms with E-state index in [1.54, 1.807) is 6.07 Å². The van der Waals surface area contributed by atoms with Crippen LogP contribution in [0.3, 0.4) is 0 Å². The Hall–Kier alpha value is -2.74. The predicted octanol–water partition coefficient (Wildman–Crippen LogP) is 1.74. The van der Waals surface area contributed by atoms with Gasteiger partial charge in [0.15, 0.2) is 11.2 Å². The largest absolute Gasteiger partial charge is 0.347 e. The van der Waals surface area contributed by atoms with Crippen LogP contribution in [0, 0.1) is 0 Å². The summed E-state index contributed by atoms with van der Waals surface area (Å²) in [5.41, 5.74) is 0.610. The molecule has 1 unspecified atom stereocenters. The second kappa shape index (κ2) is 7.02. The van der Waals surface area contributed by atoms with E-state index in [4.69, 9.17) is 11.6 Å². The molecule has 130 valence electrons. The van der Waals surface area contributed by atoms with Gasteiger partial charge < -0.3 is 10.3 Å². The van der Waals surface area contributed by atoms with Gasteiger partial charge in [0.2, 0.25) is 5.82 Å². The standard InChI is InChI=1S/C16H17ClN6O2/c1-3-9(2)18-16(25)13-19-14-12(15(24)20-13)21-22-23(14)8-10-6-4-5-7-11(10)17/h4-7,9H,3,8H2,1-2H3,(H,18,25)(H,19,20,24). The molecule has 2 N–H and O–H groups in total. The van der Waals surface area contributed by atoms with Crippen LogP contribution >= 0.6 is 11.6 Å². The van der Waals surface area contributed by atoms with Gasteiger partial charge in [-0.15, -0.1) is 5.10 Å². The lowest BCUT2D eigenvalue weighted by atomic mass is 10.2. The van der Waals surface area contributed by atoms with Crippen LogP contribution in [-0.2, 0) is 6.54 Å². The van der Waals surface area contributed by atoms with E-state index in [0.717, 1.165) is 12.0 Å². The van der Waals surface area contributed by atoms with Crippen molar-refractivity contribution in [1.29, 1.82) is 0 Å². The highest BCUT2D eigenvalue weighted by molar-refractivity contribution is 6.31. The molecule has 2 heterocycles. The molecule has 1 amide bonds. The summed E-state index contributed by atoms with van der Waals surface area (Å²) in [7, 11) is 0. The predicted molar refractivity (Wildman–Crippen MR) is 93.7 cm³/mol. The minimum atomic E-state index is -0.510. The fourth-order valence-electron chi connectivity index (χ4n) is 2.26. The Morgan fingerprint density at radius 2 is 2.16 bits per heavy atom. The third kappa shape index (κ3) is 3.53. The first-order valence-electron chi connectivity index (χ1n) is 7.87. The molecule has 0 aliphatic rings. The first-order chi connectivity index (χ1) is 12.0. The maximum Gasteiger partial charge on any atom is 0.287 e. The van der Waals surface area contributed by atoms with Gasteiger partial charge in [-0.3, -0.25) is 9.59 Å². The van der Waals surface area contributed by atoms with E-state index in [1.165, 1.54) is 4.68 Å². The molecular weight excluding hydrogens is 344 g/mol. The minimum absolute atomic E-state index is 0.0281. The highest BCUT2D eigenvalue weighted by Gasteiger charge is 2.17. The monoisotopic (exact) mass is 360 g/mol. The number of nitrogens with one attached hydrogen (secondary N) is 2. The third-order valence-electron chi connectivity index (χ3n) is 3.86. The van der Waals surface area contributed by atoms with E-state index >= 15 is 0 Å². The highest BCUT2D eigenvalue weighted by Crippen LogP contribution is 2.17. The number of rotatable bonds is 5. The summed E-state index contributed by atoms with van der Waals surface area (Å²) in [4.78, 5) is 31.1. The van der Waals surface area contributed by atoms with Gasteiger partial charge >= 0.3 is 0 Å². The number of hydrogen-bond acceptors (Lipinski definition) is 5. The van der Waals surface area contributed by atoms with Crippen LogP contribution in [0.15, 0.2) is 29.1 Å². The van der Waals surface area contributed by atoms with Crippen molar-refractivity contribution in [2.24, 2.45) is 0 Å². The van der Waals surface area contributed by atoms with E-state index in [9.17, 15) is 9.59 Å². The lowest BCUT2D eigenvalue weighted by molar-refractivity contribution is 0.0928. The molecular formula is C16H17ClN6O2. The number of halogens is 1. The minimum Gasteiger partial charge on any atom is -0.347 e. The number of amides is 1. The van der Waals surface area contributed by atoms with Crippen molar-refractivity contribution < 1.29 is 4.79 Å². The molecule has 0 aliphatic heterocycles. The molecule has 0 spiro atoms. The number of H-pyrrole nitrogens is 1. The van der Waals surface area contributed by atoms with Crippen LogP contribution in [0.5, 0.6) is 0 Å². The van der Waals surface area contributed by atoms with Gasteiger partial charge in [0, 0.05) is 11.1 Å². The highest BCUT2D eigenvalue weighted by atomic mass is 35.5. The Morgan fingerprint density at radius 3 is 2.88 bits per heavy atom. The maximum atomic E-state index is 12.2. The van der Waals surface area contributed by atoms with Crippen molar-refractivity contribution in [1.82, 2.24) is 30.3 Å². The van der Waals surface area contributed by atoms with Crippen molar-refractivity contribution in [2.75, 3.05) is 0 Å². The Balaban J connectivity index is 2.00. The van der Waals surface area contributed by atoms with Gasteiger partial charge in [-0.1, -0.05) is 41.9 Å². The fourth-order valence-corrected chi connectivity index (χ4v) is 2.46. The molecule has 3 rings (SSSR count). The molecule has 3 aromatic rings. The summed E-state index contributed by atoms with van der Waals surface area (Å²) >= 11 is 6.16. The third-order valence-corrected chi connectivity index (χ3v) is 4.23. The number of carbonyl (C=O) groups is 1. The van der Waals surface area contributed by atoms with E-state index < -0.39 is 11.5 Å². The van der Waals surface area contributed by atoms with Crippen molar-refractivity contribution >= 4 is 28.7 Å². The van der Waals surface area contributed by atoms with Crippen LogP contribution < -0.4 is 10.9 Å². The molecule has 9 heteroatoms. The van der Waals surface area contributed by atoms with Crippen molar-refractivity contribution in [2.45, 2.75) is 32.9 Å². The van der Waals surface area contributed by atoms with Gasteiger partial charge in [-0.05, 0) is 25.0 Å². The molecule has 0 aliphatic carbocycles. The first-order valence-corrected chi connectivity index (χ1v) is 8.25. The van der Waals surface area contributed by atoms with Gasteiger partial charge in [-0.2, -0.15) is 0 Å². The number of hydrogen-bond donors (Lipinski definition) is 2. The zero-order chi connectivity index (χ0) is 18.0. The molecule has 1 atom stereocenters. The van der Waals surface area contributed by atoms with E-state index in [2.05, 4.69) is 25.6 Å². The lowest BCUT2D eigenvalue weighted by Gasteiger charge is -2.10. The number of nitrogens with zero attached hydrogens (tertiary/aromatic N) is 4. The molecule has 0 bridgehead atoms. The van der Waals surface area contributed by atoms with E-state index in [1.807, 2.05) is 32.0 Å². The van der Waals surface area contributed by atoms with Gasteiger partial charge in [0.05, 0.1) is 6.54 Å². The number of fused-ring (bicyclic) bond motifs is 1. The molecule has 0 fully saturated rings. The molecule has 0 saturated heterocycles. The number of aromatic amines is 1. The molecule has 25 heavy (non-hydrogen) atoms. The summed E-state index contributed by atoms with van der Waals surface area (Å²) in [6.45, 7) is 4.11. The average Bonchev–Trinajstić information content (AvgIpc) is 3.00. The SMILES string of the molecule is CCC(C)NC(=O)c1nc2c(nnn2Cc2ccccc2Cl)c(=O)[nH]1. The zero-order valence-corrected chi connectivity index (χ0v) is 14.5. The summed E-state index contributed by atoms with van der Waals surface area (Å²) < 4.78 is 1.45. The normalized spacial score (nSPS) is 12.3. The summed E-state index contributed by atoms with van der Waals surface area (Å²) in [5.74, 6) is -0.514. The van der Waals surface area contributed by atoms with Crippen LogP contribution in [0.2, 0.25) is 5.02 Å². The van der Waals surface area contributed by atoms with Gasteiger partial charge in [0.1, 0.15) is 0 Å². The smallest absolute Gasteiger partial charge is 0.287 e. The summed E-state index contributed by atoms with van der Waals surface area (Å²) in [5, 5.41) is 11.2. The molecule has 8 nitrogen and oxygen atoms in total. The Bertz CT molecular complexity index is 980. The Labute approximate surface area is 148 Å². The average molecular weight is 361 g/mol. The maximum absolute atomic E-state index is 12.2. The van der Waals surface area contributed by atoms with Gasteiger partial charge in [-0.25, -0.2) is 9.67 Å². The Morgan fingerprint density at radius 1 is 1.40 bits per heavy atom. The lowest BCUT2D eigenvalue weighted by Crippen LogP contribution is -2.34.